The van der Waals surface area contributed by atoms with Gasteiger partial charge in [-0.15, -0.1) is 5.10 Å². The molecule has 2 aromatic rings. The van der Waals surface area contributed by atoms with E-state index in [4.69, 9.17) is 16.7 Å². The van der Waals surface area contributed by atoms with E-state index >= 15 is 0 Å². The highest BCUT2D eigenvalue weighted by molar-refractivity contribution is 6.30. The van der Waals surface area contributed by atoms with Crippen molar-refractivity contribution in [2.24, 2.45) is 5.92 Å². The Bertz CT molecular complexity index is 762. The third-order valence-electron chi connectivity index (χ3n) is 3.25. The van der Waals surface area contributed by atoms with Crippen molar-refractivity contribution in [3.05, 3.63) is 40.4 Å². The summed E-state index contributed by atoms with van der Waals surface area (Å²) in [6.45, 7) is 3.07. The van der Waals surface area contributed by atoms with Crippen LogP contribution in [0.2, 0.25) is 5.02 Å². The SMILES string of the molecule is Cc1c(C(=O)NCC(C)C(=O)O)nnn1-c1ccc(F)c(Cl)c1. The smallest absolute Gasteiger partial charge is 0.308 e. The number of aliphatic carboxylic acids is 1. The van der Waals surface area contributed by atoms with Crippen molar-refractivity contribution in [3.8, 4) is 5.69 Å². The summed E-state index contributed by atoms with van der Waals surface area (Å²) in [6, 6.07) is 4.01. The first-order valence-electron chi connectivity index (χ1n) is 6.70. The van der Waals surface area contributed by atoms with Crippen molar-refractivity contribution in [3.63, 3.8) is 0 Å². The molecule has 0 saturated heterocycles. The standard InChI is InChI=1S/C14H14ClFN4O3/c1-7(14(22)23)6-17-13(21)12-8(2)20(19-18-12)9-3-4-11(16)10(15)5-9/h3-5,7H,6H2,1-2H3,(H,17,21)(H,22,23). The first-order chi connectivity index (χ1) is 10.8. The maximum atomic E-state index is 13.2. The number of amides is 1. The summed E-state index contributed by atoms with van der Waals surface area (Å²) >= 11 is 5.73. The van der Waals surface area contributed by atoms with Gasteiger partial charge in [0.05, 0.1) is 22.3 Å². The molecule has 0 bridgehead atoms. The van der Waals surface area contributed by atoms with E-state index in [1.807, 2.05) is 0 Å². The second kappa shape index (κ2) is 6.74. The van der Waals surface area contributed by atoms with Gasteiger partial charge in [-0.2, -0.15) is 0 Å². The Morgan fingerprint density at radius 2 is 2.17 bits per heavy atom. The Hall–Kier alpha value is -2.48. The number of halogens is 2. The molecule has 1 aromatic carbocycles. The number of aromatic nitrogens is 3. The molecule has 2 rings (SSSR count). The van der Waals surface area contributed by atoms with E-state index in [1.54, 1.807) is 6.92 Å². The van der Waals surface area contributed by atoms with Gasteiger partial charge in [0.25, 0.3) is 5.91 Å². The van der Waals surface area contributed by atoms with Gasteiger partial charge in [0.1, 0.15) is 5.82 Å². The van der Waals surface area contributed by atoms with Crippen LogP contribution in [0, 0.1) is 18.7 Å². The van der Waals surface area contributed by atoms with Crippen LogP contribution in [0.1, 0.15) is 23.1 Å². The summed E-state index contributed by atoms with van der Waals surface area (Å²) in [4.78, 5) is 22.8. The van der Waals surface area contributed by atoms with E-state index in [0.29, 0.717) is 11.4 Å². The zero-order valence-electron chi connectivity index (χ0n) is 12.4. The molecule has 0 aliphatic carbocycles. The molecule has 1 unspecified atom stereocenters. The van der Waals surface area contributed by atoms with Crippen molar-refractivity contribution < 1.29 is 19.1 Å². The summed E-state index contributed by atoms with van der Waals surface area (Å²) in [5.74, 6) is -2.82. The molecule has 23 heavy (non-hydrogen) atoms. The van der Waals surface area contributed by atoms with Crippen molar-refractivity contribution in [1.29, 1.82) is 0 Å². The van der Waals surface area contributed by atoms with Gasteiger partial charge in [0.15, 0.2) is 5.69 Å². The minimum atomic E-state index is -1.01. The van der Waals surface area contributed by atoms with Gasteiger partial charge in [-0.25, -0.2) is 9.07 Å². The quantitative estimate of drug-likeness (QED) is 0.865. The molecule has 7 nitrogen and oxygen atoms in total. The number of carboxylic acid groups (broad SMARTS) is 1. The number of nitrogens with one attached hydrogen (secondary N) is 1. The fourth-order valence-corrected chi connectivity index (χ4v) is 1.99. The second-order valence-corrected chi connectivity index (χ2v) is 5.39. The first kappa shape index (κ1) is 16.9. The summed E-state index contributed by atoms with van der Waals surface area (Å²) in [7, 11) is 0. The summed E-state index contributed by atoms with van der Waals surface area (Å²) < 4.78 is 14.5. The highest BCUT2D eigenvalue weighted by Crippen LogP contribution is 2.20. The Morgan fingerprint density at radius 1 is 1.48 bits per heavy atom. The monoisotopic (exact) mass is 340 g/mol. The molecule has 0 saturated carbocycles. The first-order valence-corrected chi connectivity index (χ1v) is 7.07. The topological polar surface area (TPSA) is 97.1 Å². The predicted octanol–water partition coefficient (Wildman–Crippen LogP) is 1.82. The molecule has 1 aromatic heterocycles. The lowest BCUT2D eigenvalue weighted by Gasteiger charge is -2.08. The molecule has 0 aliphatic heterocycles. The molecule has 1 amide bonds. The van der Waals surface area contributed by atoms with Gasteiger partial charge in [0, 0.05) is 6.54 Å². The van der Waals surface area contributed by atoms with Gasteiger partial charge >= 0.3 is 5.97 Å². The largest absolute Gasteiger partial charge is 0.481 e. The average Bonchev–Trinajstić information content (AvgIpc) is 2.89. The minimum Gasteiger partial charge on any atom is -0.481 e. The Labute approximate surface area is 136 Å². The number of carbonyl (C=O) groups excluding carboxylic acids is 1. The Balaban J connectivity index is 2.20. The molecule has 1 heterocycles. The molecule has 1 atom stereocenters. The van der Waals surface area contributed by atoms with Crippen molar-refractivity contribution in [1.82, 2.24) is 20.3 Å². The molecular weight excluding hydrogens is 327 g/mol. The fourth-order valence-electron chi connectivity index (χ4n) is 1.82. The van der Waals surface area contributed by atoms with Crippen molar-refractivity contribution in [2.45, 2.75) is 13.8 Å². The maximum Gasteiger partial charge on any atom is 0.308 e. The van der Waals surface area contributed by atoms with Gasteiger partial charge in [-0.3, -0.25) is 9.59 Å². The molecular formula is C14H14ClFN4O3. The van der Waals surface area contributed by atoms with E-state index in [0.717, 1.165) is 0 Å². The van der Waals surface area contributed by atoms with Crippen LogP contribution in [0.4, 0.5) is 4.39 Å². The van der Waals surface area contributed by atoms with E-state index in [9.17, 15) is 14.0 Å². The fraction of sp³-hybridized carbons (Fsp3) is 0.286. The van der Waals surface area contributed by atoms with Crippen LogP contribution in [0.3, 0.4) is 0 Å². The number of carboxylic acids is 1. The van der Waals surface area contributed by atoms with Gasteiger partial charge in [0.2, 0.25) is 0 Å². The second-order valence-electron chi connectivity index (χ2n) is 4.98. The minimum absolute atomic E-state index is 0.0250. The highest BCUT2D eigenvalue weighted by Gasteiger charge is 2.19. The van der Waals surface area contributed by atoms with Crippen LogP contribution in [0.25, 0.3) is 5.69 Å². The van der Waals surface area contributed by atoms with Gasteiger partial charge < -0.3 is 10.4 Å². The van der Waals surface area contributed by atoms with E-state index in [2.05, 4.69) is 15.6 Å². The highest BCUT2D eigenvalue weighted by atomic mass is 35.5. The van der Waals surface area contributed by atoms with Crippen molar-refractivity contribution >= 4 is 23.5 Å². The number of benzene rings is 1. The van der Waals surface area contributed by atoms with E-state index in [1.165, 1.54) is 29.8 Å². The van der Waals surface area contributed by atoms with Crippen LogP contribution in [-0.2, 0) is 4.79 Å². The molecule has 2 N–H and O–H groups in total. The Kier molecular flexibility index (Phi) is 4.95. The molecule has 9 heteroatoms. The summed E-state index contributed by atoms with van der Waals surface area (Å²) in [6.07, 6.45) is 0. The number of hydrogen-bond donors (Lipinski definition) is 2. The third kappa shape index (κ3) is 3.65. The molecule has 0 radical (unpaired) electrons. The average molecular weight is 341 g/mol. The van der Waals surface area contributed by atoms with E-state index in [-0.39, 0.29) is 17.3 Å². The molecule has 0 fully saturated rings. The lowest BCUT2D eigenvalue weighted by molar-refractivity contribution is -0.140. The number of carbonyl (C=O) groups is 2. The number of rotatable bonds is 5. The maximum absolute atomic E-state index is 13.2. The van der Waals surface area contributed by atoms with Crippen LogP contribution in [-0.4, -0.2) is 38.5 Å². The van der Waals surface area contributed by atoms with E-state index < -0.39 is 23.6 Å². The molecule has 0 aliphatic rings. The van der Waals surface area contributed by atoms with Crippen LogP contribution in [0.5, 0.6) is 0 Å². The van der Waals surface area contributed by atoms with Crippen LogP contribution >= 0.6 is 11.6 Å². The summed E-state index contributed by atoms with van der Waals surface area (Å²) in [5, 5.41) is 18.8. The zero-order valence-corrected chi connectivity index (χ0v) is 13.1. The third-order valence-corrected chi connectivity index (χ3v) is 3.54. The van der Waals surface area contributed by atoms with Gasteiger partial charge in [-0.1, -0.05) is 23.7 Å². The number of hydrogen-bond acceptors (Lipinski definition) is 4. The lowest BCUT2D eigenvalue weighted by atomic mass is 10.2. The van der Waals surface area contributed by atoms with Gasteiger partial charge in [-0.05, 0) is 25.1 Å². The normalized spacial score (nSPS) is 12.0. The molecule has 122 valence electrons. The number of nitrogens with zero attached hydrogens (tertiary/aromatic N) is 3. The van der Waals surface area contributed by atoms with Crippen molar-refractivity contribution in [2.75, 3.05) is 6.54 Å². The summed E-state index contributed by atoms with van der Waals surface area (Å²) in [5.41, 5.74) is 0.940. The molecule has 0 spiro atoms. The zero-order chi connectivity index (χ0) is 17.1. The van der Waals surface area contributed by atoms with Crippen LogP contribution in [0.15, 0.2) is 18.2 Å². The predicted molar refractivity (Wildman–Crippen MR) is 80.2 cm³/mol. The lowest BCUT2D eigenvalue weighted by Crippen LogP contribution is -2.32. The Morgan fingerprint density at radius 3 is 2.78 bits per heavy atom. The van der Waals surface area contributed by atoms with Crippen LogP contribution < -0.4 is 5.32 Å².